The van der Waals surface area contributed by atoms with Crippen molar-refractivity contribution < 1.29 is 30.0 Å². The molecule has 0 spiro atoms. The second-order valence-electron chi connectivity index (χ2n) is 4.68. The van der Waals surface area contributed by atoms with E-state index in [1.165, 1.54) is 0 Å². The lowest BCUT2D eigenvalue weighted by Crippen LogP contribution is -2.20. The quantitative estimate of drug-likeness (QED) is 0.512. The molecule has 0 bridgehead atoms. The second kappa shape index (κ2) is 6.95. The summed E-state index contributed by atoms with van der Waals surface area (Å²) >= 11 is 0. The highest BCUT2D eigenvalue weighted by molar-refractivity contribution is 5.61. The topological polar surface area (TPSA) is 140 Å². The fourth-order valence-corrected chi connectivity index (χ4v) is 2.14. The fourth-order valence-electron chi connectivity index (χ4n) is 2.14. The molecule has 8 heteroatoms. The van der Waals surface area contributed by atoms with E-state index >= 15 is 0 Å². The van der Waals surface area contributed by atoms with E-state index in [0.29, 0.717) is 5.56 Å². The van der Waals surface area contributed by atoms with Gasteiger partial charge in [-0.1, -0.05) is 30.3 Å². The van der Waals surface area contributed by atoms with Crippen LogP contribution in [0.1, 0.15) is 22.9 Å². The summed E-state index contributed by atoms with van der Waals surface area (Å²) in [6.45, 7) is -0.445. The van der Waals surface area contributed by atoms with Crippen molar-refractivity contribution in [3.8, 4) is 11.6 Å². The minimum atomic E-state index is -1.68. The van der Waals surface area contributed by atoms with Gasteiger partial charge in [0, 0.05) is 13.0 Å². The Morgan fingerprint density at radius 1 is 1.26 bits per heavy atom. The number of pyridine rings is 1. The Morgan fingerprint density at radius 3 is 2.48 bits per heavy atom. The zero-order valence-electron chi connectivity index (χ0n) is 11.9. The van der Waals surface area contributed by atoms with Gasteiger partial charge >= 0.3 is 6.16 Å². The van der Waals surface area contributed by atoms with E-state index in [1.807, 2.05) is 0 Å². The molecule has 0 aliphatic rings. The number of aromatic nitrogens is 1. The molecule has 0 saturated carbocycles. The van der Waals surface area contributed by atoms with Crippen molar-refractivity contribution in [3.05, 3.63) is 57.4 Å². The summed E-state index contributed by atoms with van der Waals surface area (Å²) in [5, 5.41) is 38.0. The summed E-state index contributed by atoms with van der Waals surface area (Å²) in [6, 6.07) is 8.18. The van der Waals surface area contributed by atoms with Crippen LogP contribution in [0.4, 0.5) is 4.79 Å². The van der Waals surface area contributed by atoms with Gasteiger partial charge in [0.15, 0.2) is 5.75 Å². The van der Waals surface area contributed by atoms with Gasteiger partial charge in [-0.2, -0.15) is 0 Å². The van der Waals surface area contributed by atoms with E-state index in [4.69, 9.17) is 10.2 Å². The van der Waals surface area contributed by atoms with Crippen LogP contribution in [-0.2, 0) is 6.42 Å². The van der Waals surface area contributed by atoms with Crippen molar-refractivity contribution >= 4 is 6.16 Å². The molecule has 1 aromatic heterocycles. The Kier molecular flexibility index (Phi) is 4.99. The molecule has 23 heavy (non-hydrogen) atoms. The lowest BCUT2D eigenvalue weighted by atomic mass is 10.0. The molecular weight excluding hydrogens is 306 g/mol. The summed E-state index contributed by atoms with van der Waals surface area (Å²) < 4.78 is 4.49. The Balaban J connectivity index is 2.58. The standard InChI is InChI=1S/C15H15NO7/c17-7-6-9-12(19)13(20)10(16-14(9)23-15(21)22)11(18)8-4-2-1-3-5-8/h1-5,11,17-18,20H,6-7H2,(H,16,19)(H,21,22). The molecule has 5 N–H and O–H groups in total. The highest BCUT2D eigenvalue weighted by Gasteiger charge is 2.23. The first kappa shape index (κ1) is 16.5. The number of aromatic hydroxyl groups is 1. The average Bonchev–Trinajstić information content (AvgIpc) is 2.54. The van der Waals surface area contributed by atoms with E-state index < -0.39 is 35.9 Å². The Hall–Kier alpha value is -2.84. The van der Waals surface area contributed by atoms with Gasteiger partial charge in [-0.3, -0.25) is 4.79 Å². The summed E-state index contributed by atoms with van der Waals surface area (Å²) in [4.78, 5) is 25.3. The minimum absolute atomic E-state index is 0.215. The number of ether oxygens (including phenoxy) is 1. The number of aliphatic hydroxyl groups is 2. The maximum absolute atomic E-state index is 12.2. The zero-order valence-corrected chi connectivity index (χ0v) is 11.9. The van der Waals surface area contributed by atoms with Crippen molar-refractivity contribution in [3.63, 3.8) is 0 Å². The largest absolute Gasteiger partial charge is 0.512 e. The minimum Gasteiger partial charge on any atom is -0.503 e. The number of nitrogens with one attached hydrogen (secondary N) is 1. The van der Waals surface area contributed by atoms with Crippen molar-refractivity contribution in [1.82, 2.24) is 4.98 Å². The lowest BCUT2D eigenvalue weighted by Gasteiger charge is -2.16. The van der Waals surface area contributed by atoms with E-state index in [-0.39, 0.29) is 17.7 Å². The highest BCUT2D eigenvalue weighted by Crippen LogP contribution is 2.28. The predicted octanol–water partition coefficient (Wildman–Crippen LogP) is 0.754. The normalized spacial score (nSPS) is 11.9. The highest BCUT2D eigenvalue weighted by atomic mass is 16.7. The maximum atomic E-state index is 12.2. The Morgan fingerprint density at radius 2 is 1.91 bits per heavy atom. The lowest BCUT2D eigenvalue weighted by molar-refractivity contribution is 0.140. The number of aliphatic hydroxyl groups excluding tert-OH is 2. The second-order valence-corrected chi connectivity index (χ2v) is 4.68. The van der Waals surface area contributed by atoms with Gasteiger partial charge in [-0.25, -0.2) is 4.79 Å². The third kappa shape index (κ3) is 3.50. The van der Waals surface area contributed by atoms with Crippen LogP contribution >= 0.6 is 0 Å². The number of hydrogen-bond acceptors (Lipinski definition) is 6. The molecule has 1 unspecified atom stereocenters. The van der Waals surface area contributed by atoms with Crippen LogP contribution < -0.4 is 10.2 Å². The van der Waals surface area contributed by atoms with Crippen molar-refractivity contribution in [2.24, 2.45) is 0 Å². The van der Waals surface area contributed by atoms with Crippen molar-refractivity contribution in [1.29, 1.82) is 0 Å². The molecule has 1 aromatic carbocycles. The number of H-pyrrole nitrogens is 1. The molecule has 2 rings (SSSR count). The van der Waals surface area contributed by atoms with Crippen LogP contribution in [0.5, 0.6) is 11.6 Å². The first-order valence-electron chi connectivity index (χ1n) is 6.68. The molecule has 0 fully saturated rings. The third-order valence-electron chi connectivity index (χ3n) is 3.21. The van der Waals surface area contributed by atoms with Gasteiger partial charge in [0.05, 0.1) is 11.3 Å². The number of benzene rings is 1. The molecule has 122 valence electrons. The summed E-state index contributed by atoms with van der Waals surface area (Å²) in [5.41, 5.74) is -1.05. The summed E-state index contributed by atoms with van der Waals surface area (Å²) in [7, 11) is 0. The maximum Gasteiger partial charge on any atom is 0.512 e. The Bertz CT molecular complexity index is 754. The molecule has 1 heterocycles. The van der Waals surface area contributed by atoms with Gasteiger partial charge < -0.3 is 30.1 Å². The van der Waals surface area contributed by atoms with Gasteiger partial charge in [-0.05, 0) is 5.56 Å². The molecule has 0 aliphatic carbocycles. The van der Waals surface area contributed by atoms with Gasteiger partial charge in [0.25, 0.3) is 0 Å². The third-order valence-corrected chi connectivity index (χ3v) is 3.21. The smallest absolute Gasteiger partial charge is 0.503 e. The molecule has 2 aromatic rings. The van der Waals surface area contributed by atoms with Crippen LogP contribution in [0.25, 0.3) is 0 Å². The average molecular weight is 321 g/mol. The zero-order chi connectivity index (χ0) is 17.0. The van der Waals surface area contributed by atoms with E-state index in [2.05, 4.69) is 9.72 Å². The van der Waals surface area contributed by atoms with Crippen LogP contribution in [-0.4, -0.2) is 38.2 Å². The van der Waals surface area contributed by atoms with Crippen LogP contribution in [0, 0.1) is 0 Å². The molecular formula is C15H15NO7. The van der Waals surface area contributed by atoms with Crippen molar-refractivity contribution in [2.75, 3.05) is 6.61 Å². The molecule has 0 amide bonds. The van der Waals surface area contributed by atoms with Gasteiger partial charge in [0.1, 0.15) is 6.10 Å². The molecule has 0 saturated heterocycles. The number of carboxylic acid groups (broad SMARTS) is 1. The monoisotopic (exact) mass is 321 g/mol. The van der Waals surface area contributed by atoms with Gasteiger partial charge in [0.2, 0.25) is 11.3 Å². The van der Waals surface area contributed by atoms with Crippen molar-refractivity contribution in [2.45, 2.75) is 12.5 Å². The van der Waals surface area contributed by atoms with E-state index in [1.54, 1.807) is 30.3 Å². The summed E-state index contributed by atoms with van der Waals surface area (Å²) in [5.74, 6) is -1.21. The number of aromatic amines is 1. The SMILES string of the molecule is O=C(O)Oc1[nH]c(C(O)c2ccccc2)c(O)c(=O)c1CCO. The van der Waals surface area contributed by atoms with E-state index in [0.717, 1.165) is 0 Å². The summed E-state index contributed by atoms with van der Waals surface area (Å²) in [6.07, 6.45) is -3.28. The predicted molar refractivity (Wildman–Crippen MR) is 78.7 cm³/mol. The van der Waals surface area contributed by atoms with E-state index in [9.17, 15) is 19.8 Å². The fraction of sp³-hybridized carbons (Fsp3) is 0.200. The van der Waals surface area contributed by atoms with Crippen LogP contribution in [0.3, 0.4) is 0 Å². The molecule has 0 aliphatic heterocycles. The number of hydrogen-bond donors (Lipinski definition) is 5. The van der Waals surface area contributed by atoms with Gasteiger partial charge in [-0.15, -0.1) is 0 Å². The number of carbonyl (C=O) groups is 1. The van der Waals surface area contributed by atoms with Crippen LogP contribution in [0.2, 0.25) is 0 Å². The first-order chi connectivity index (χ1) is 11.0. The molecule has 8 nitrogen and oxygen atoms in total. The first-order valence-corrected chi connectivity index (χ1v) is 6.68. The van der Waals surface area contributed by atoms with Crippen LogP contribution in [0.15, 0.2) is 35.1 Å². The molecule has 0 radical (unpaired) electrons. The number of rotatable bonds is 5. The molecule has 1 atom stereocenters. The Labute approximate surface area is 130 Å².